The highest BCUT2D eigenvalue weighted by molar-refractivity contribution is 9.10. The highest BCUT2D eigenvalue weighted by Gasteiger charge is 2.41. The molecule has 0 spiro atoms. The van der Waals surface area contributed by atoms with Gasteiger partial charge in [-0.2, -0.15) is 0 Å². The van der Waals surface area contributed by atoms with E-state index in [2.05, 4.69) is 76.8 Å². The number of rotatable bonds is 5. The molecule has 2 atom stereocenters. The van der Waals surface area contributed by atoms with Crippen molar-refractivity contribution in [3.05, 3.63) is 64.4 Å². The molecule has 2 N–H and O–H groups in total. The minimum Gasteiger partial charge on any atom is -0.351 e. The Balaban J connectivity index is 1.52. The number of likely N-dealkylation sites (tertiary alicyclic amines) is 1. The Morgan fingerprint density at radius 3 is 2.33 bits per heavy atom. The summed E-state index contributed by atoms with van der Waals surface area (Å²) in [6.07, 6.45) is 4.06. The lowest BCUT2D eigenvalue weighted by Gasteiger charge is -2.49. The number of amides is 3. The molecular weight excluding hydrogens is 518 g/mol. The molecule has 3 heterocycles. The second kappa shape index (κ2) is 11.3. The molecule has 36 heavy (non-hydrogen) atoms. The van der Waals surface area contributed by atoms with E-state index in [1.165, 1.54) is 5.56 Å². The van der Waals surface area contributed by atoms with Crippen LogP contribution in [0.15, 0.2) is 53.1 Å². The largest absolute Gasteiger partial charge is 0.351 e. The summed E-state index contributed by atoms with van der Waals surface area (Å²) in [7, 11) is 0. The zero-order chi connectivity index (χ0) is 25.9. The molecule has 7 nitrogen and oxygen atoms in total. The number of aromatic nitrogens is 1. The second-order valence-electron chi connectivity index (χ2n) is 11.2. The minimum atomic E-state index is -0.364. The van der Waals surface area contributed by atoms with Crippen LogP contribution in [-0.2, 0) is 4.79 Å². The van der Waals surface area contributed by atoms with Crippen LogP contribution in [0.3, 0.4) is 0 Å². The maximum atomic E-state index is 13.6. The van der Waals surface area contributed by atoms with Gasteiger partial charge in [-0.25, -0.2) is 4.79 Å². The zero-order valence-corrected chi connectivity index (χ0v) is 23.2. The number of hydrogen-bond donors (Lipinski definition) is 1. The Hall–Kier alpha value is -2.45. The molecule has 2 aliphatic heterocycles. The monoisotopic (exact) mass is 555 g/mol. The third kappa shape index (κ3) is 6.27. The summed E-state index contributed by atoms with van der Waals surface area (Å²) >= 11 is 3.51. The van der Waals surface area contributed by atoms with Crippen LogP contribution in [-0.4, -0.2) is 70.4 Å². The smallest absolute Gasteiger partial charge is 0.314 e. The number of piperidine rings is 1. The molecule has 0 aliphatic carbocycles. The summed E-state index contributed by atoms with van der Waals surface area (Å²) in [5.74, 6) is 0.529. The summed E-state index contributed by atoms with van der Waals surface area (Å²) < 4.78 is 0.961. The lowest BCUT2D eigenvalue weighted by Crippen LogP contribution is -2.60. The number of piperazine rings is 1. The summed E-state index contributed by atoms with van der Waals surface area (Å²) in [6, 6.07) is 14.4. The second-order valence-corrected chi connectivity index (χ2v) is 12.1. The Morgan fingerprint density at radius 1 is 1.06 bits per heavy atom. The van der Waals surface area contributed by atoms with Crippen molar-refractivity contribution in [1.29, 1.82) is 0 Å². The van der Waals surface area contributed by atoms with Crippen LogP contribution in [0.2, 0.25) is 0 Å². The number of carbonyl (C=O) groups excluding carboxylic acids is 2. The van der Waals surface area contributed by atoms with Gasteiger partial charge in [0.15, 0.2) is 0 Å². The number of carbonyl (C=O) groups is 2. The van der Waals surface area contributed by atoms with Crippen molar-refractivity contribution in [3.63, 3.8) is 0 Å². The van der Waals surface area contributed by atoms with Gasteiger partial charge in [-0.15, -0.1) is 0 Å². The fourth-order valence-electron chi connectivity index (χ4n) is 5.55. The van der Waals surface area contributed by atoms with Crippen LogP contribution >= 0.6 is 15.9 Å². The van der Waals surface area contributed by atoms with Gasteiger partial charge in [-0.1, -0.05) is 51.1 Å². The molecule has 2 aromatic rings. The number of pyridine rings is 1. The predicted octanol–water partition coefficient (Wildman–Crippen LogP) is 4.67. The molecule has 2 fully saturated rings. The van der Waals surface area contributed by atoms with Gasteiger partial charge in [0.25, 0.3) is 0 Å². The van der Waals surface area contributed by atoms with Gasteiger partial charge in [0, 0.05) is 55.9 Å². The third-order valence-corrected chi connectivity index (χ3v) is 8.10. The van der Waals surface area contributed by atoms with Gasteiger partial charge in [0.05, 0.1) is 11.7 Å². The van der Waals surface area contributed by atoms with E-state index >= 15 is 0 Å². The van der Waals surface area contributed by atoms with Gasteiger partial charge in [0.1, 0.15) is 0 Å². The van der Waals surface area contributed by atoms with Crippen molar-refractivity contribution in [3.8, 4) is 0 Å². The number of halogens is 1. The molecule has 2 saturated heterocycles. The summed E-state index contributed by atoms with van der Waals surface area (Å²) in [6.45, 7) is 10.2. The van der Waals surface area contributed by atoms with E-state index < -0.39 is 0 Å². The van der Waals surface area contributed by atoms with Crippen LogP contribution in [0.25, 0.3) is 0 Å². The van der Waals surface area contributed by atoms with Crippen molar-refractivity contribution in [1.82, 2.24) is 19.7 Å². The maximum Gasteiger partial charge on any atom is 0.314 e. The summed E-state index contributed by atoms with van der Waals surface area (Å²) in [5, 5.41) is 0. The first-order valence-electron chi connectivity index (χ1n) is 12.9. The van der Waals surface area contributed by atoms with E-state index in [-0.39, 0.29) is 29.4 Å². The standard InChI is InChI=1S/C28H38BrN5O2/c1-28(2,3)24-19-33(26(21-7-5-4-6-8-21)23-10-9-22(29)18-31-23)15-16-34(24)25(35)17-20-11-13-32(14-12-20)27(30)36/h4-10,18,20,24,26H,11-17,19H2,1-3H3,(H2,30,36)/t24-,26?/m1/s1. The number of nitrogens with two attached hydrogens (primary N) is 1. The number of hydrogen-bond acceptors (Lipinski definition) is 4. The number of nitrogens with zero attached hydrogens (tertiary/aromatic N) is 4. The van der Waals surface area contributed by atoms with E-state index in [0.717, 1.165) is 36.1 Å². The molecule has 1 aromatic carbocycles. The Morgan fingerprint density at radius 2 is 1.75 bits per heavy atom. The average molecular weight is 557 g/mol. The summed E-state index contributed by atoms with van der Waals surface area (Å²) in [4.78, 5) is 36.1. The van der Waals surface area contributed by atoms with Crippen LogP contribution in [0, 0.1) is 11.3 Å². The van der Waals surface area contributed by atoms with Gasteiger partial charge >= 0.3 is 6.03 Å². The van der Waals surface area contributed by atoms with Crippen LogP contribution in [0.1, 0.15) is 57.3 Å². The Labute approximate surface area is 223 Å². The highest BCUT2D eigenvalue weighted by Crippen LogP contribution is 2.35. The van der Waals surface area contributed by atoms with Crippen molar-refractivity contribution in [2.75, 3.05) is 32.7 Å². The number of primary amides is 1. The van der Waals surface area contributed by atoms with Crippen molar-refractivity contribution < 1.29 is 9.59 Å². The fraction of sp³-hybridized carbons (Fsp3) is 0.536. The topological polar surface area (TPSA) is 82.8 Å². The van der Waals surface area contributed by atoms with Crippen molar-refractivity contribution in [2.24, 2.45) is 17.1 Å². The van der Waals surface area contributed by atoms with E-state index in [0.29, 0.717) is 32.0 Å². The van der Waals surface area contributed by atoms with Gasteiger partial charge < -0.3 is 15.5 Å². The number of benzene rings is 1. The van der Waals surface area contributed by atoms with Crippen LogP contribution in [0.5, 0.6) is 0 Å². The van der Waals surface area contributed by atoms with E-state index in [1.807, 2.05) is 18.3 Å². The lowest BCUT2D eigenvalue weighted by molar-refractivity contribution is -0.141. The molecule has 1 unspecified atom stereocenters. The zero-order valence-electron chi connectivity index (χ0n) is 21.6. The normalized spacial score (nSPS) is 20.8. The molecular formula is C28H38BrN5O2. The first-order valence-corrected chi connectivity index (χ1v) is 13.7. The van der Waals surface area contributed by atoms with Crippen molar-refractivity contribution in [2.45, 2.75) is 52.1 Å². The molecule has 0 saturated carbocycles. The third-order valence-electron chi connectivity index (χ3n) is 7.63. The van der Waals surface area contributed by atoms with Crippen LogP contribution in [0.4, 0.5) is 4.79 Å². The average Bonchev–Trinajstić information content (AvgIpc) is 2.86. The Bertz CT molecular complexity index is 1030. The highest BCUT2D eigenvalue weighted by atomic mass is 79.9. The fourth-order valence-corrected chi connectivity index (χ4v) is 5.79. The molecule has 2 aliphatic rings. The predicted molar refractivity (Wildman–Crippen MR) is 145 cm³/mol. The molecule has 4 rings (SSSR count). The first-order chi connectivity index (χ1) is 17.1. The van der Waals surface area contributed by atoms with E-state index in [4.69, 9.17) is 10.7 Å². The van der Waals surface area contributed by atoms with E-state index in [9.17, 15) is 9.59 Å². The molecule has 0 radical (unpaired) electrons. The van der Waals surface area contributed by atoms with Gasteiger partial charge in [-0.3, -0.25) is 14.7 Å². The Kier molecular flexibility index (Phi) is 8.35. The molecule has 1 aromatic heterocycles. The molecule has 3 amide bonds. The van der Waals surface area contributed by atoms with Crippen molar-refractivity contribution >= 4 is 27.9 Å². The SMILES string of the molecule is CC(C)(C)[C@H]1CN(C(c2ccccc2)c2ccc(Br)cn2)CCN1C(=O)CC1CCN(C(N)=O)CC1. The maximum absolute atomic E-state index is 13.6. The van der Waals surface area contributed by atoms with Gasteiger partial charge in [-0.05, 0) is 57.8 Å². The molecule has 194 valence electrons. The molecule has 8 heteroatoms. The van der Waals surface area contributed by atoms with Crippen LogP contribution < -0.4 is 5.73 Å². The summed E-state index contributed by atoms with van der Waals surface area (Å²) in [5.41, 5.74) is 7.58. The van der Waals surface area contributed by atoms with E-state index in [1.54, 1.807) is 4.90 Å². The van der Waals surface area contributed by atoms with Gasteiger partial charge in [0.2, 0.25) is 5.91 Å². The minimum absolute atomic E-state index is 0.0273. The number of urea groups is 1. The first kappa shape index (κ1) is 26.6. The lowest BCUT2D eigenvalue weighted by atomic mass is 9.82. The quantitative estimate of drug-likeness (QED) is 0.580. The molecule has 0 bridgehead atoms.